The van der Waals surface area contributed by atoms with E-state index in [4.69, 9.17) is 28.3 Å². The van der Waals surface area contributed by atoms with E-state index in [1.165, 1.54) is 0 Å². The minimum atomic E-state index is -0.401. The Morgan fingerprint density at radius 1 is 1.53 bits per heavy atom. The van der Waals surface area contributed by atoms with Gasteiger partial charge in [0.15, 0.2) is 5.82 Å². The summed E-state index contributed by atoms with van der Waals surface area (Å²) < 4.78 is 5.07. The molecule has 1 aromatic carbocycles. The van der Waals surface area contributed by atoms with Crippen LogP contribution in [0.25, 0.3) is 0 Å². The summed E-state index contributed by atoms with van der Waals surface area (Å²) in [7, 11) is 0. The maximum absolute atomic E-state index is 5.91. The summed E-state index contributed by atoms with van der Waals surface area (Å²) in [6.07, 6.45) is 5.56. The Morgan fingerprint density at radius 2 is 2.37 bits per heavy atom. The van der Waals surface area contributed by atoms with E-state index >= 15 is 0 Å². The van der Waals surface area contributed by atoms with E-state index in [1.807, 2.05) is 24.3 Å². The van der Waals surface area contributed by atoms with Gasteiger partial charge in [-0.05, 0) is 18.2 Å². The summed E-state index contributed by atoms with van der Waals surface area (Å²) in [5.74, 6) is 4.02. The fourth-order valence-corrected chi connectivity index (χ4v) is 2.45. The molecule has 1 atom stereocenters. The van der Waals surface area contributed by atoms with E-state index in [0.29, 0.717) is 28.9 Å². The second-order valence-electron chi connectivity index (χ2n) is 3.81. The van der Waals surface area contributed by atoms with Gasteiger partial charge in [0.25, 0.3) is 0 Å². The fraction of sp³-hybridized carbons (Fsp3) is 0.231. The van der Waals surface area contributed by atoms with E-state index < -0.39 is 6.04 Å². The third kappa shape index (κ3) is 4.00. The Bertz CT molecular complexity index is 594. The van der Waals surface area contributed by atoms with Crippen molar-refractivity contribution >= 4 is 23.4 Å². The number of terminal acetylenes is 1. The number of thioether (sulfide) groups is 1. The molecule has 0 spiro atoms. The molecule has 19 heavy (non-hydrogen) atoms. The van der Waals surface area contributed by atoms with Crippen LogP contribution in [0.1, 0.15) is 24.2 Å². The van der Waals surface area contributed by atoms with Crippen molar-refractivity contribution in [1.29, 1.82) is 0 Å². The number of aromatic nitrogens is 2. The molecule has 0 bridgehead atoms. The van der Waals surface area contributed by atoms with Gasteiger partial charge in [-0.3, -0.25) is 0 Å². The molecule has 0 saturated heterocycles. The highest BCUT2D eigenvalue weighted by molar-refractivity contribution is 7.98. The van der Waals surface area contributed by atoms with E-state index in [2.05, 4.69) is 16.1 Å². The SMILES string of the molecule is C#CCC(N)c1nc(CSc2cccc(Cl)c2)no1. The Kier molecular flexibility index (Phi) is 4.86. The van der Waals surface area contributed by atoms with Crippen molar-refractivity contribution in [2.24, 2.45) is 5.73 Å². The van der Waals surface area contributed by atoms with Gasteiger partial charge in [0.1, 0.15) is 0 Å². The van der Waals surface area contributed by atoms with Crippen molar-refractivity contribution in [2.75, 3.05) is 0 Å². The number of nitrogens with two attached hydrogens (primary N) is 1. The molecule has 0 fully saturated rings. The zero-order valence-electron chi connectivity index (χ0n) is 10.0. The normalized spacial score (nSPS) is 12.1. The van der Waals surface area contributed by atoms with Crippen LogP contribution in [0.2, 0.25) is 5.02 Å². The van der Waals surface area contributed by atoms with Crippen LogP contribution in [-0.2, 0) is 5.75 Å². The Balaban J connectivity index is 1.95. The zero-order chi connectivity index (χ0) is 13.7. The summed E-state index contributed by atoms with van der Waals surface area (Å²) in [5, 5.41) is 4.57. The van der Waals surface area contributed by atoms with Gasteiger partial charge in [-0.15, -0.1) is 24.1 Å². The number of hydrogen-bond donors (Lipinski definition) is 1. The molecule has 4 nitrogen and oxygen atoms in total. The summed E-state index contributed by atoms with van der Waals surface area (Å²) in [5.41, 5.74) is 5.78. The lowest BCUT2D eigenvalue weighted by molar-refractivity contribution is 0.353. The third-order valence-corrected chi connectivity index (χ3v) is 3.53. The van der Waals surface area contributed by atoms with Gasteiger partial charge in [-0.2, -0.15) is 4.98 Å². The maximum atomic E-state index is 5.91. The smallest absolute Gasteiger partial charge is 0.244 e. The lowest BCUT2D eigenvalue weighted by atomic mass is 10.2. The van der Waals surface area contributed by atoms with E-state index in [0.717, 1.165) is 4.90 Å². The number of nitrogens with zero attached hydrogens (tertiary/aromatic N) is 2. The maximum Gasteiger partial charge on any atom is 0.244 e. The second kappa shape index (κ2) is 6.62. The van der Waals surface area contributed by atoms with Crippen molar-refractivity contribution < 1.29 is 4.52 Å². The third-order valence-electron chi connectivity index (χ3n) is 2.30. The summed E-state index contributed by atoms with van der Waals surface area (Å²) in [6.45, 7) is 0. The highest BCUT2D eigenvalue weighted by Crippen LogP contribution is 2.24. The molecule has 2 rings (SSSR count). The summed E-state index contributed by atoms with van der Waals surface area (Å²) in [6, 6.07) is 7.19. The molecule has 2 aromatic rings. The first-order chi connectivity index (χ1) is 9.19. The predicted molar refractivity (Wildman–Crippen MR) is 75.7 cm³/mol. The molecule has 0 radical (unpaired) electrons. The molecular weight excluding hydrogens is 282 g/mol. The van der Waals surface area contributed by atoms with Crippen molar-refractivity contribution in [3.63, 3.8) is 0 Å². The molecule has 1 aromatic heterocycles. The molecule has 98 valence electrons. The van der Waals surface area contributed by atoms with E-state index in [9.17, 15) is 0 Å². The van der Waals surface area contributed by atoms with Gasteiger partial charge in [-0.25, -0.2) is 0 Å². The topological polar surface area (TPSA) is 64.9 Å². The molecule has 1 heterocycles. The van der Waals surface area contributed by atoms with Crippen LogP contribution in [0.5, 0.6) is 0 Å². The first-order valence-electron chi connectivity index (χ1n) is 5.59. The van der Waals surface area contributed by atoms with E-state index in [1.54, 1.807) is 11.8 Å². The first kappa shape index (κ1) is 13.9. The minimum absolute atomic E-state index is 0.375. The Morgan fingerprint density at radius 3 is 3.11 bits per heavy atom. The molecule has 1 unspecified atom stereocenters. The van der Waals surface area contributed by atoms with Crippen LogP contribution in [0, 0.1) is 12.3 Å². The largest absolute Gasteiger partial charge is 0.338 e. The van der Waals surface area contributed by atoms with Crippen LogP contribution in [0.15, 0.2) is 33.7 Å². The lowest BCUT2D eigenvalue weighted by Crippen LogP contribution is -2.09. The van der Waals surface area contributed by atoms with Crippen molar-refractivity contribution in [2.45, 2.75) is 23.1 Å². The molecule has 0 amide bonds. The Labute approximate surface area is 120 Å². The van der Waals surface area contributed by atoms with Gasteiger partial charge < -0.3 is 10.3 Å². The number of benzene rings is 1. The van der Waals surface area contributed by atoms with Crippen LogP contribution < -0.4 is 5.73 Å². The van der Waals surface area contributed by atoms with Gasteiger partial charge in [-0.1, -0.05) is 22.8 Å². The second-order valence-corrected chi connectivity index (χ2v) is 5.29. The van der Waals surface area contributed by atoms with Crippen LogP contribution in [-0.4, -0.2) is 10.1 Å². The summed E-state index contributed by atoms with van der Waals surface area (Å²) in [4.78, 5) is 5.26. The zero-order valence-corrected chi connectivity index (χ0v) is 11.6. The molecule has 6 heteroatoms. The van der Waals surface area contributed by atoms with E-state index in [-0.39, 0.29) is 0 Å². The van der Waals surface area contributed by atoms with Gasteiger partial charge in [0.2, 0.25) is 5.89 Å². The highest BCUT2D eigenvalue weighted by atomic mass is 35.5. The van der Waals surface area contributed by atoms with Gasteiger partial charge >= 0.3 is 0 Å². The number of hydrogen-bond acceptors (Lipinski definition) is 5. The molecule has 0 aliphatic heterocycles. The first-order valence-corrected chi connectivity index (χ1v) is 6.95. The highest BCUT2D eigenvalue weighted by Gasteiger charge is 2.13. The van der Waals surface area contributed by atoms with Crippen LogP contribution in [0.4, 0.5) is 0 Å². The quantitative estimate of drug-likeness (QED) is 0.678. The molecule has 0 aliphatic carbocycles. The predicted octanol–water partition coefficient (Wildman–Crippen LogP) is 3.04. The molecule has 2 N–H and O–H groups in total. The average molecular weight is 294 g/mol. The van der Waals surface area contributed by atoms with Crippen molar-refractivity contribution in [3.8, 4) is 12.3 Å². The standard InChI is InChI=1S/C13H12ClN3OS/c1-2-4-11(15)13-16-12(17-18-13)8-19-10-6-3-5-9(14)7-10/h1,3,5-7,11H,4,8,15H2. The fourth-order valence-electron chi connectivity index (χ4n) is 1.40. The molecule has 0 saturated carbocycles. The number of halogens is 1. The molecule has 0 aliphatic rings. The number of rotatable bonds is 5. The minimum Gasteiger partial charge on any atom is -0.338 e. The molecular formula is C13H12ClN3OS. The van der Waals surface area contributed by atoms with Crippen molar-refractivity contribution in [3.05, 3.63) is 41.0 Å². The van der Waals surface area contributed by atoms with Gasteiger partial charge in [0.05, 0.1) is 11.8 Å². The monoisotopic (exact) mass is 293 g/mol. The summed E-state index contributed by atoms with van der Waals surface area (Å²) >= 11 is 7.48. The van der Waals surface area contributed by atoms with Crippen LogP contribution >= 0.6 is 23.4 Å². The van der Waals surface area contributed by atoms with Gasteiger partial charge in [0, 0.05) is 16.3 Å². The van der Waals surface area contributed by atoms with Crippen LogP contribution in [0.3, 0.4) is 0 Å². The van der Waals surface area contributed by atoms with Crippen molar-refractivity contribution in [1.82, 2.24) is 10.1 Å². The Hall–Kier alpha value is -1.48. The lowest BCUT2D eigenvalue weighted by Gasteiger charge is -1.99. The average Bonchev–Trinajstić information content (AvgIpc) is 2.86.